The van der Waals surface area contributed by atoms with Crippen molar-refractivity contribution in [2.24, 2.45) is 0 Å². The Morgan fingerprint density at radius 3 is 2.67 bits per heavy atom. The number of benzene rings is 2. The summed E-state index contributed by atoms with van der Waals surface area (Å²) in [6.45, 7) is 1.91. The van der Waals surface area contributed by atoms with Crippen molar-refractivity contribution in [1.82, 2.24) is 0 Å². The molecule has 0 aliphatic carbocycles. The zero-order valence-corrected chi connectivity index (χ0v) is 10.5. The van der Waals surface area contributed by atoms with E-state index in [9.17, 15) is 4.79 Å². The standard InChI is InChI=1S/C14H12ClNO2/c1-9-12(15)6-3-7-13(9)16-11-5-2-4-10(8-11)14(17)18/h2-8,16H,1H3,(H,17,18). The van der Waals surface area contributed by atoms with Gasteiger partial charge in [0, 0.05) is 16.4 Å². The highest BCUT2D eigenvalue weighted by Gasteiger charge is 2.05. The van der Waals surface area contributed by atoms with Gasteiger partial charge >= 0.3 is 5.97 Å². The van der Waals surface area contributed by atoms with E-state index in [2.05, 4.69) is 5.32 Å². The van der Waals surface area contributed by atoms with Crippen LogP contribution in [0.1, 0.15) is 15.9 Å². The van der Waals surface area contributed by atoms with Gasteiger partial charge in [-0.3, -0.25) is 0 Å². The molecule has 0 unspecified atom stereocenters. The van der Waals surface area contributed by atoms with Crippen molar-refractivity contribution in [3.8, 4) is 0 Å². The Morgan fingerprint density at radius 2 is 1.94 bits per heavy atom. The molecule has 2 N–H and O–H groups in total. The van der Waals surface area contributed by atoms with Gasteiger partial charge in [-0.05, 0) is 42.8 Å². The van der Waals surface area contributed by atoms with Crippen molar-refractivity contribution in [2.45, 2.75) is 6.92 Å². The van der Waals surface area contributed by atoms with E-state index in [0.717, 1.165) is 16.9 Å². The highest BCUT2D eigenvalue weighted by molar-refractivity contribution is 6.31. The van der Waals surface area contributed by atoms with E-state index in [-0.39, 0.29) is 5.56 Å². The van der Waals surface area contributed by atoms with Crippen molar-refractivity contribution in [3.63, 3.8) is 0 Å². The lowest BCUT2D eigenvalue weighted by Gasteiger charge is -2.11. The Labute approximate surface area is 110 Å². The molecule has 0 aromatic heterocycles. The molecule has 0 saturated carbocycles. The van der Waals surface area contributed by atoms with Crippen LogP contribution >= 0.6 is 11.6 Å². The zero-order valence-electron chi connectivity index (χ0n) is 9.77. The highest BCUT2D eigenvalue weighted by Crippen LogP contribution is 2.26. The second-order valence-corrected chi connectivity index (χ2v) is 4.33. The van der Waals surface area contributed by atoms with E-state index in [4.69, 9.17) is 16.7 Å². The Bertz CT molecular complexity index is 596. The molecule has 0 atom stereocenters. The molecule has 2 aromatic carbocycles. The lowest BCUT2D eigenvalue weighted by Crippen LogP contribution is -1.98. The number of carbonyl (C=O) groups is 1. The Morgan fingerprint density at radius 1 is 1.22 bits per heavy atom. The van der Waals surface area contributed by atoms with Gasteiger partial charge in [0.2, 0.25) is 0 Å². The fraction of sp³-hybridized carbons (Fsp3) is 0.0714. The van der Waals surface area contributed by atoms with Gasteiger partial charge in [0.1, 0.15) is 0 Å². The third-order valence-electron chi connectivity index (χ3n) is 2.66. The number of hydrogen-bond acceptors (Lipinski definition) is 2. The Kier molecular flexibility index (Phi) is 3.53. The molecule has 18 heavy (non-hydrogen) atoms. The third kappa shape index (κ3) is 2.63. The van der Waals surface area contributed by atoms with Gasteiger partial charge in [-0.15, -0.1) is 0 Å². The number of aromatic carboxylic acids is 1. The quantitative estimate of drug-likeness (QED) is 0.875. The van der Waals surface area contributed by atoms with Crippen molar-refractivity contribution in [1.29, 1.82) is 0 Å². The summed E-state index contributed by atoms with van der Waals surface area (Å²) in [5.74, 6) is -0.943. The number of nitrogens with one attached hydrogen (secondary N) is 1. The molecule has 3 nitrogen and oxygen atoms in total. The molecule has 0 aliphatic heterocycles. The first-order chi connectivity index (χ1) is 8.58. The Hall–Kier alpha value is -2.00. The fourth-order valence-corrected chi connectivity index (χ4v) is 1.80. The summed E-state index contributed by atoms with van der Waals surface area (Å²) in [5.41, 5.74) is 2.77. The summed E-state index contributed by atoms with van der Waals surface area (Å²) in [6, 6.07) is 12.2. The zero-order chi connectivity index (χ0) is 13.1. The first-order valence-corrected chi connectivity index (χ1v) is 5.81. The molecule has 0 fully saturated rings. The maximum absolute atomic E-state index is 10.9. The van der Waals surface area contributed by atoms with E-state index in [1.807, 2.05) is 31.2 Å². The normalized spacial score (nSPS) is 10.1. The van der Waals surface area contributed by atoms with Crippen molar-refractivity contribution in [2.75, 3.05) is 5.32 Å². The topological polar surface area (TPSA) is 49.3 Å². The van der Waals surface area contributed by atoms with Gasteiger partial charge in [-0.25, -0.2) is 4.79 Å². The van der Waals surface area contributed by atoms with Gasteiger partial charge in [-0.2, -0.15) is 0 Å². The summed E-state index contributed by atoms with van der Waals surface area (Å²) >= 11 is 6.03. The Balaban J connectivity index is 2.31. The van der Waals surface area contributed by atoms with Crippen LogP contribution in [0.5, 0.6) is 0 Å². The predicted molar refractivity (Wildman–Crippen MR) is 72.9 cm³/mol. The molecule has 0 heterocycles. The van der Waals surface area contributed by atoms with Crippen LogP contribution in [-0.4, -0.2) is 11.1 Å². The summed E-state index contributed by atoms with van der Waals surface area (Å²) in [6.07, 6.45) is 0. The fourth-order valence-electron chi connectivity index (χ4n) is 1.63. The number of carboxylic acid groups (broad SMARTS) is 1. The average molecular weight is 262 g/mol. The minimum Gasteiger partial charge on any atom is -0.478 e. The van der Waals surface area contributed by atoms with Crippen LogP contribution in [0.2, 0.25) is 5.02 Å². The SMILES string of the molecule is Cc1c(Cl)cccc1Nc1cccc(C(=O)O)c1. The summed E-state index contributed by atoms with van der Waals surface area (Å²) in [5, 5.41) is 12.8. The van der Waals surface area contributed by atoms with Crippen LogP contribution in [0.4, 0.5) is 11.4 Å². The maximum atomic E-state index is 10.9. The molecule has 0 bridgehead atoms. The van der Waals surface area contributed by atoms with Crippen LogP contribution in [0.15, 0.2) is 42.5 Å². The predicted octanol–water partition coefficient (Wildman–Crippen LogP) is 4.09. The molecular formula is C14H12ClNO2. The highest BCUT2D eigenvalue weighted by atomic mass is 35.5. The molecule has 0 aliphatic rings. The first kappa shape index (κ1) is 12.5. The van der Waals surface area contributed by atoms with Gasteiger partial charge in [0.05, 0.1) is 5.56 Å². The largest absolute Gasteiger partial charge is 0.478 e. The number of anilines is 2. The number of hydrogen-bond donors (Lipinski definition) is 2. The van der Waals surface area contributed by atoms with Crippen LogP contribution in [0.3, 0.4) is 0 Å². The van der Waals surface area contributed by atoms with Gasteiger partial charge in [0.25, 0.3) is 0 Å². The average Bonchev–Trinajstić information content (AvgIpc) is 2.35. The van der Waals surface area contributed by atoms with Crippen molar-refractivity contribution < 1.29 is 9.90 Å². The molecule has 2 rings (SSSR count). The van der Waals surface area contributed by atoms with Crippen LogP contribution < -0.4 is 5.32 Å². The summed E-state index contributed by atoms with van der Waals surface area (Å²) in [7, 11) is 0. The second kappa shape index (κ2) is 5.10. The minimum absolute atomic E-state index is 0.250. The smallest absolute Gasteiger partial charge is 0.335 e. The van der Waals surface area contributed by atoms with Gasteiger partial charge in [0.15, 0.2) is 0 Å². The van der Waals surface area contributed by atoms with Crippen molar-refractivity contribution in [3.05, 3.63) is 58.6 Å². The number of carboxylic acids is 1. The van der Waals surface area contributed by atoms with E-state index >= 15 is 0 Å². The third-order valence-corrected chi connectivity index (χ3v) is 3.07. The molecule has 0 amide bonds. The molecule has 4 heteroatoms. The van der Waals surface area contributed by atoms with Crippen molar-refractivity contribution >= 4 is 28.9 Å². The maximum Gasteiger partial charge on any atom is 0.335 e. The summed E-state index contributed by atoms with van der Waals surface area (Å²) in [4.78, 5) is 10.9. The monoisotopic (exact) mass is 261 g/mol. The number of halogens is 1. The summed E-state index contributed by atoms with van der Waals surface area (Å²) < 4.78 is 0. The molecule has 0 spiro atoms. The first-order valence-electron chi connectivity index (χ1n) is 5.43. The second-order valence-electron chi connectivity index (χ2n) is 3.92. The molecular weight excluding hydrogens is 250 g/mol. The number of rotatable bonds is 3. The van der Waals surface area contributed by atoms with E-state index in [1.54, 1.807) is 18.2 Å². The van der Waals surface area contributed by atoms with Gasteiger partial charge in [-0.1, -0.05) is 23.7 Å². The molecule has 2 aromatic rings. The van der Waals surface area contributed by atoms with Gasteiger partial charge < -0.3 is 10.4 Å². The van der Waals surface area contributed by atoms with Crippen LogP contribution in [0, 0.1) is 6.92 Å². The molecule has 0 saturated heterocycles. The lowest BCUT2D eigenvalue weighted by molar-refractivity contribution is 0.0697. The van der Waals surface area contributed by atoms with Crippen LogP contribution in [0.25, 0.3) is 0 Å². The van der Waals surface area contributed by atoms with E-state index in [1.165, 1.54) is 0 Å². The molecule has 0 radical (unpaired) electrons. The minimum atomic E-state index is -0.943. The van der Waals surface area contributed by atoms with E-state index in [0.29, 0.717) is 5.02 Å². The molecule has 92 valence electrons. The van der Waals surface area contributed by atoms with E-state index < -0.39 is 5.97 Å². The van der Waals surface area contributed by atoms with Crippen LogP contribution in [-0.2, 0) is 0 Å². The lowest BCUT2D eigenvalue weighted by atomic mass is 10.1.